The molecule has 6 heteroatoms. The second-order valence-corrected chi connectivity index (χ2v) is 4.58. The van der Waals surface area contributed by atoms with Crippen molar-refractivity contribution < 1.29 is 14.0 Å². The summed E-state index contributed by atoms with van der Waals surface area (Å²) in [5, 5.41) is 2.30. The van der Waals surface area contributed by atoms with Crippen LogP contribution in [-0.4, -0.2) is 29.3 Å². The minimum Gasteiger partial charge on any atom is -0.398 e. The van der Waals surface area contributed by atoms with Crippen LogP contribution in [0.1, 0.15) is 18.9 Å². The van der Waals surface area contributed by atoms with Gasteiger partial charge in [-0.05, 0) is 30.2 Å². The van der Waals surface area contributed by atoms with Crippen molar-refractivity contribution in [3.05, 3.63) is 29.6 Å². The van der Waals surface area contributed by atoms with Crippen LogP contribution < -0.4 is 11.1 Å². The largest absolute Gasteiger partial charge is 0.398 e. The molecule has 1 aliphatic rings. The molecule has 0 spiro atoms. The minimum absolute atomic E-state index is 0.111. The van der Waals surface area contributed by atoms with Crippen molar-refractivity contribution in [1.82, 2.24) is 10.2 Å². The molecule has 1 fully saturated rings. The van der Waals surface area contributed by atoms with E-state index in [1.165, 1.54) is 18.2 Å². The van der Waals surface area contributed by atoms with E-state index in [4.69, 9.17) is 5.73 Å². The Morgan fingerprint density at radius 3 is 2.89 bits per heavy atom. The smallest absolute Gasteiger partial charge is 0.243 e. The minimum atomic E-state index is -0.389. The van der Waals surface area contributed by atoms with Gasteiger partial charge >= 0.3 is 0 Å². The highest BCUT2D eigenvalue weighted by Gasteiger charge is 2.32. The van der Waals surface area contributed by atoms with Crippen LogP contribution in [0.3, 0.4) is 0 Å². The van der Waals surface area contributed by atoms with Crippen LogP contribution in [0.5, 0.6) is 0 Å². The number of nitrogens with zero attached hydrogens (tertiary/aromatic N) is 1. The van der Waals surface area contributed by atoms with Crippen molar-refractivity contribution in [3.8, 4) is 0 Å². The SMILES string of the molecule is CCC1C(=O)NC(=O)CN1Cc1cc(F)ccc1N. The van der Waals surface area contributed by atoms with E-state index in [1.54, 1.807) is 4.90 Å². The standard InChI is InChI=1S/C13H16FN3O2/c1-2-11-13(19)16-12(18)7-17(11)6-8-5-9(14)3-4-10(8)15/h3-5,11H,2,6-7,15H2,1H3,(H,16,18,19). The van der Waals surface area contributed by atoms with Gasteiger partial charge in [-0.15, -0.1) is 0 Å². The maximum Gasteiger partial charge on any atom is 0.243 e. The lowest BCUT2D eigenvalue weighted by Crippen LogP contribution is -2.57. The molecular formula is C13H16FN3O2. The number of anilines is 1. The number of hydrogen-bond donors (Lipinski definition) is 2. The van der Waals surface area contributed by atoms with Crippen molar-refractivity contribution in [2.45, 2.75) is 25.9 Å². The van der Waals surface area contributed by atoms with Gasteiger partial charge < -0.3 is 5.73 Å². The summed E-state index contributed by atoms with van der Waals surface area (Å²) in [6.07, 6.45) is 0.578. The number of nitrogens with one attached hydrogen (secondary N) is 1. The molecule has 0 radical (unpaired) electrons. The average molecular weight is 265 g/mol. The number of nitrogen functional groups attached to an aromatic ring is 1. The second-order valence-electron chi connectivity index (χ2n) is 4.58. The first-order chi connectivity index (χ1) is 9.01. The van der Waals surface area contributed by atoms with Gasteiger partial charge in [-0.1, -0.05) is 6.92 Å². The third-order valence-electron chi connectivity index (χ3n) is 3.22. The molecule has 2 rings (SSSR count). The second kappa shape index (κ2) is 5.36. The number of hydrogen-bond acceptors (Lipinski definition) is 4. The van der Waals surface area contributed by atoms with Crippen molar-refractivity contribution in [2.75, 3.05) is 12.3 Å². The number of carbonyl (C=O) groups is 2. The number of imide groups is 1. The van der Waals surface area contributed by atoms with Gasteiger partial charge in [-0.2, -0.15) is 0 Å². The molecule has 1 aliphatic heterocycles. The first kappa shape index (κ1) is 13.5. The molecule has 102 valence electrons. The summed E-state index contributed by atoms with van der Waals surface area (Å²) in [5.41, 5.74) is 6.82. The number of nitrogens with two attached hydrogens (primary N) is 1. The number of benzene rings is 1. The lowest BCUT2D eigenvalue weighted by atomic mass is 10.1. The summed E-state index contributed by atoms with van der Waals surface area (Å²) in [5.74, 6) is -1.04. The lowest BCUT2D eigenvalue weighted by molar-refractivity contribution is -0.140. The number of carbonyl (C=O) groups excluding carboxylic acids is 2. The maximum absolute atomic E-state index is 13.2. The predicted octanol–water partition coefficient (Wildman–Crippen LogP) is 0.645. The van der Waals surface area contributed by atoms with Crippen LogP contribution in [-0.2, 0) is 16.1 Å². The van der Waals surface area contributed by atoms with Crippen LogP contribution in [0.25, 0.3) is 0 Å². The Morgan fingerprint density at radius 1 is 1.47 bits per heavy atom. The van der Waals surface area contributed by atoms with E-state index in [0.717, 1.165) is 0 Å². The molecular weight excluding hydrogens is 249 g/mol. The highest BCUT2D eigenvalue weighted by atomic mass is 19.1. The van der Waals surface area contributed by atoms with Crippen LogP contribution in [0, 0.1) is 5.82 Å². The summed E-state index contributed by atoms with van der Waals surface area (Å²) in [7, 11) is 0. The summed E-state index contributed by atoms with van der Waals surface area (Å²) >= 11 is 0. The van der Waals surface area contributed by atoms with Crippen LogP contribution in [0.4, 0.5) is 10.1 Å². The normalized spacial score (nSPS) is 20.4. The van der Waals surface area contributed by atoms with Gasteiger partial charge in [-0.3, -0.25) is 19.8 Å². The van der Waals surface area contributed by atoms with Gasteiger partial charge in [-0.25, -0.2) is 4.39 Å². The zero-order valence-corrected chi connectivity index (χ0v) is 10.6. The van der Waals surface area contributed by atoms with E-state index < -0.39 is 0 Å². The van der Waals surface area contributed by atoms with Crippen LogP contribution in [0.2, 0.25) is 0 Å². The molecule has 1 atom stereocenters. The fourth-order valence-electron chi connectivity index (χ4n) is 2.26. The third kappa shape index (κ3) is 2.90. The van der Waals surface area contributed by atoms with Crippen LogP contribution >= 0.6 is 0 Å². The fourth-order valence-corrected chi connectivity index (χ4v) is 2.26. The molecule has 0 aromatic heterocycles. The molecule has 1 aromatic carbocycles. The van der Waals surface area contributed by atoms with Gasteiger partial charge in [0.15, 0.2) is 0 Å². The zero-order valence-electron chi connectivity index (χ0n) is 10.6. The summed E-state index contributed by atoms with van der Waals surface area (Å²) in [6, 6.07) is 3.71. The van der Waals surface area contributed by atoms with E-state index in [1.807, 2.05) is 6.92 Å². The molecule has 0 saturated carbocycles. The van der Waals surface area contributed by atoms with E-state index >= 15 is 0 Å². The molecule has 1 unspecified atom stereocenters. The number of rotatable bonds is 3. The summed E-state index contributed by atoms with van der Waals surface area (Å²) < 4.78 is 13.2. The molecule has 19 heavy (non-hydrogen) atoms. The third-order valence-corrected chi connectivity index (χ3v) is 3.22. The fraction of sp³-hybridized carbons (Fsp3) is 0.385. The van der Waals surface area contributed by atoms with E-state index in [2.05, 4.69) is 5.32 Å². The van der Waals surface area contributed by atoms with Crippen molar-refractivity contribution >= 4 is 17.5 Å². The van der Waals surface area contributed by atoms with Gasteiger partial charge in [0.1, 0.15) is 5.82 Å². The van der Waals surface area contributed by atoms with Crippen molar-refractivity contribution in [2.24, 2.45) is 0 Å². The number of amides is 2. The molecule has 2 amide bonds. The van der Waals surface area contributed by atoms with E-state index in [9.17, 15) is 14.0 Å². The monoisotopic (exact) mass is 265 g/mol. The van der Waals surface area contributed by atoms with Gasteiger partial charge in [0.2, 0.25) is 11.8 Å². The topological polar surface area (TPSA) is 75.4 Å². The zero-order chi connectivity index (χ0) is 14.0. The quantitative estimate of drug-likeness (QED) is 0.621. The first-order valence-electron chi connectivity index (χ1n) is 6.13. The van der Waals surface area contributed by atoms with Gasteiger partial charge in [0, 0.05) is 12.2 Å². The highest BCUT2D eigenvalue weighted by molar-refractivity contribution is 6.01. The average Bonchev–Trinajstić information content (AvgIpc) is 2.33. The van der Waals surface area contributed by atoms with Gasteiger partial charge in [0.05, 0.1) is 12.6 Å². The highest BCUT2D eigenvalue weighted by Crippen LogP contribution is 2.19. The molecule has 3 N–H and O–H groups in total. The molecule has 1 heterocycles. The van der Waals surface area contributed by atoms with Crippen molar-refractivity contribution in [1.29, 1.82) is 0 Å². The maximum atomic E-state index is 13.2. The number of piperazine rings is 1. The Bertz CT molecular complexity index is 519. The predicted molar refractivity (Wildman–Crippen MR) is 68.5 cm³/mol. The summed E-state index contributed by atoms with van der Waals surface area (Å²) in [6.45, 7) is 2.25. The Morgan fingerprint density at radius 2 is 2.21 bits per heavy atom. The summed E-state index contributed by atoms with van der Waals surface area (Å²) in [4.78, 5) is 24.8. The molecule has 5 nitrogen and oxygen atoms in total. The van der Waals surface area contributed by atoms with Crippen molar-refractivity contribution in [3.63, 3.8) is 0 Å². The number of halogens is 1. The molecule has 1 saturated heterocycles. The molecule has 1 aromatic rings. The Kier molecular flexibility index (Phi) is 3.80. The van der Waals surface area contributed by atoms with Crippen LogP contribution in [0.15, 0.2) is 18.2 Å². The molecule has 0 bridgehead atoms. The van der Waals surface area contributed by atoms with E-state index in [0.29, 0.717) is 17.7 Å². The van der Waals surface area contributed by atoms with E-state index in [-0.39, 0.29) is 36.8 Å². The van der Waals surface area contributed by atoms with Gasteiger partial charge in [0.25, 0.3) is 0 Å². The Balaban J connectivity index is 2.22. The first-order valence-corrected chi connectivity index (χ1v) is 6.13. The Hall–Kier alpha value is -1.95. The Labute approximate surface area is 110 Å². The molecule has 0 aliphatic carbocycles. The lowest BCUT2D eigenvalue weighted by Gasteiger charge is -2.33.